The van der Waals surface area contributed by atoms with Gasteiger partial charge in [-0.2, -0.15) is 0 Å². The number of halogens is 2. The van der Waals surface area contributed by atoms with Crippen LogP contribution in [0.1, 0.15) is 44.2 Å². The molecular formula is C25H33F2N3O4S. The molecular weight excluding hydrogens is 476 g/mol. The van der Waals surface area contributed by atoms with Gasteiger partial charge in [-0.25, -0.2) is 17.2 Å². The van der Waals surface area contributed by atoms with Gasteiger partial charge in [-0.05, 0) is 44.4 Å². The summed E-state index contributed by atoms with van der Waals surface area (Å²) in [4.78, 5) is 27.5. The van der Waals surface area contributed by atoms with E-state index >= 15 is 0 Å². The van der Waals surface area contributed by atoms with Crippen LogP contribution in [-0.2, 0) is 26.2 Å². The molecule has 0 aliphatic carbocycles. The predicted molar refractivity (Wildman–Crippen MR) is 132 cm³/mol. The Hall–Kier alpha value is -3.01. The molecule has 1 N–H and O–H groups in total. The van der Waals surface area contributed by atoms with Crippen molar-refractivity contribution in [3.8, 4) is 0 Å². The molecule has 0 heterocycles. The van der Waals surface area contributed by atoms with Gasteiger partial charge in [0.05, 0.1) is 11.9 Å². The third-order valence-electron chi connectivity index (χ3n) is 5.52. The van der Waals surface area contributed by atoms with Crippen LogP contribution in [0.15, 0.2) is 42.5 Å². The fraction of sp³-hybridized carbons (Fsp3) is 0.440. The Balaban J connectivity index is 2.22. The molecule has 1 atom stereocenters. The highest BCUT2D eigenvalue weighted by atomic mass is 32.2. The van der Waals surface area contributed by atoms with Gasteiger partial charge >= 0.3 is 0 Å². The zero-order valence-electron chi connectivity index (χ0n) is 20.6. The van der Waals surface area contributed by atoms with Crippen molar-refractivity contribution in [2.45, 2.75) is 52.6 Å². The van der Waals surface area contributed by atoms with Gasteiger partial charge in [-0.3, -0.25) is 13.9 Å². The number of aryl methyl sites for hydroxylation is 1. The maximum absolute atomic E-state index is 13.7. The molecule has 0 fully saturated rings. The molecule has 0 bridgehead atoms. The maximum atomic E-state index is 13.7. The van der Waals surface area contributed by atoms with Crippen molar-refractivity contribution in [2.75, 3.05) is 23.7 Å². The largest absolute Gasteiger partial charge is 0.355 e. The molecule has 0 spiro atoms. The normalized spacial score (nSPS) is 12.2. The minimum atomic E-state index is -3.81. The SMILES string of the molecule is CCNC(=O)[C@@H](CC)N(Cc1cccc(C)c1)C(=O)CCCN(c1ccc(F)c(F)c1)S(C)(=O)=O. The summed E-state index contributed by atoms with van der Waals surface area (Å²) in [5.74, 6) is -2.80. The average molecular weight is 510 g/mol. The van der Waals surface area contributed by atoms with Crippen LogP contribution < -0.4 is 9.62 Å². The van der Waals surface area contributed by atoms with E-state index in [2.05, 4.69) is 5.32 Å². The summed E-state index contributed by atoms with van der Waals surface area (Å²) in [6, 6.07) is 9.81. The second-order valence-corrected chi connectivity index (χ2v) is 10.3. The van der Waals surface area contributed by atoms with Crippen molar-refractivity contribution < 1.29 is 26.8 Å². The predicted octanol–water partition coefficient (Wildman–Crippen LogP) is 3.76. The van der Waals surface area contributed by atoms with Crippen molar-refractivity contribution in [1.82, 2.24) is 10.2 Å². The average Bonchev–Trinajstić information content (AvgIpc) is 2.78. The summed E-state index contributed by atoms with van der Waals surface area (Å²) in [6.07, 6.45) is 1.47. The third-order valence-corrected chi connectivity index (χ3v) is 6.71. The summed E-state index contributed by atoms with van der Waals surface area (Å²) in [5.41, 5.74) is 1.88. The van der Waals surface area contributed by atoms with Gasteiger partial charge in [0.25, 0.3) is 0 Å². The van der Waals surface area contributed by atoms with Gasteiger partial charge in [0, 0.05) is 32.1 Å². The molecule has 2 aromatic carbocycles. The van der Waals surface area contributed by atoms with E-state index in [1.165, 1.54) is 11.0 Å². The fourth-order valence-corrected chi connectivity index (χ4v) is 4.82. The van der Waals surface area contributed by atoms with Crippen LogP contribution in [0.25, 0.3) is 0 Å². The number of hydrogen-bond donors (Lipinski definition) is 1. The topological polar surface area (TPSA) is 86.8 Å². The van der Waals surface area contributed by atoms with Gasteiger partial charge in [0.2, 0.25) is 21.8 Å². The number of anilines is 1. The highest BCUT2D eigenvalue weighted by Gasteiger charge is 2.28. The number of carbonyl (C=O) groups is 2. The molecule has 2 rings (SSSR count). The Labute approximate surface area is 206 Å². The molecule has 0 saturated carbocycles. The molecule has 7 nitrogen and oxygen atoms in total. The molecule has 192 valence electrons. The second kappa shape index (κ2) is 12.6. The summed E-state index contributed by atoms with van der Waals surface area (Å²) in [7, 11) is -3.81. The molecule has 0 radical (unpaired) electrons. The first kappa shape index (κ1) is 28.2. The van der Waals surface area contributed by atoms with E-state index in [0.717, 1.165) is 33.8 Å². The highest BCUT2D eigenvalue weighted by molar-refractivity contribution is 7.92. The molecule has 35 heavy (non-hydrogen) atoms. The number of amides is 2. The van der Waals surface area contributed by atoms with Crippen LogP contribution in [0.5, 0.6) is 0 Å². The lowest BCUT2D eigenvalue weighted by molar-refractivity contribution is -0.141. The van der Waals surface area contributed by atoms with Crippen LogP contribution in [0, 0.1) is 18.6 Å². The molecule has 2 amide bonds. The van der Waals surface area contributed by atoms with Crippen molar-refractivity contribution in [3.63, 3.8) is 0 Å². The first-order valence-corrected chi connectivity index (χ1v) is 13.4. The Kier molecular flexibility index (Phi) is 10.2. The first-order chi connectivity index (χ1) is 16.5. The van der Waals surface area contributed by atoms with Crippen LogP contribution in [0.2, 0.25) is 0 Å². The number of likely N-dealkylation sites (N-methyl/N-ethyl adjacent to an activating group) is 1. The number of sulfonamides is 1. The summed E-state index contributed by atoms with van der Waals surface area (Å²) in [5, 5.41) is 2.77. The van der Waals surface area contributed by atoms with E-state index in [-0.39, 0.29) is 43.4 Å². The lowest BCUT2D eigenvalue weighted by atomic mass is 10.1. The van der Waals surface area contributed by atoms with E-state index in [4.69, 9.17) is 0 Å². The number of carbonyl (C=O) groups excluding carboxylic acids is 2. The third kappa shape index (κ3) is 8.02. The van der Waals surface area contributed by atoms with E-state index in [1.807, 2.05) is 38.1 Å². The number of nitrogens with zero attached hydrogens (tertiary/aromatic N) is 2. The van der Waals surface area contributed by atoms with Crippen LogP contribution in [-0.4, -0.2) is 50.5 Å². The smallest absolute Gasteiger partial charge is 0.242 e. The van der Waals surface area contributed by atoms with E-state index in [0.29, 0.717) is 13.0 Å². The second-order valence-electron chi connectivity index (χ2n) is 8.37. The quantitative estimate of drug-likeness (QED) is 0.472. The summed E-state index contributed by atoms with van der Waals surface area (Å²) in [6.45, 7) is 6.12. The molecule has 10 heteroatoms. The molecule has 0 saturated heterocycles. The lowest BCUT2D eigenvalue weighted by Gasteiger charge is -2.31. The van der Waals surface area contributed by atoms with E-state index in [9.17, 15) is 26.8 Å². The fourth-order valence-electron chi connectivity index (χ4n) is 3.86. The Morgan fingerprint density at radius 3 is 2.34 bits per heavy atom. The maximum Gasteiger partial charge on any atom is 0.242 e. The monoisotopic (exact) mass is 509 g/mol. The molecule has 2 aromatic rings. The Bertz CT molecular complexity index is 1140. The Morgan fingerprint density at radius 2 is 1.77 bits per heavy atom. The molecule has 0 unspecified atom stereocenters. The van der Waals surface area contributed by atoms with E-state index < -0.39 is 27.7 Å². The number of hydrogen-bond acceptors (Lipinski definition) is 4. The Morgan fingerprint density at radius 1 is 1.06 bits per heavy atom. The van der Waals surface area contributed by atoms with Crippen LogP contribution in [0.4, 0.5) is 14.5 Å². The number of rotatable bonds is 12. The first-order valence-electron chi connectivity index (χ1n) is 11.5. The number of nitrogens with one attached hydrogen (secondary N) is 1. The zero-order valence-corrected chi connectivity index (χ0v) is 21.4. The van der Waals surface area contributed by atoms with Crippen LogP contribution in [0.3, 0.4) is 0 Å². The van der Waals surface area contributed by atoms with Gasteiger partial charge in [0.15, 0.2) is 11.6 Å². The van der Waals surface area contributed by atoms with Crippen molar-refractivity contribution >= 4 is 27.5 Å². The van der Waals surface area contributed by atoms with Gasteiger partial charge in [-0.15, -0.1) is 0 Å². The standard InChI is InChI=1S/C25H33F2N3O4S/c1-5-23(25(32)28-6-2)29(17-19-10-7-9-18(3)15-19)24(31)11-8-14-30(35(4,33)34)20-12-13-21(26)22(27)16-20/h7,9-10,12-13,15-16,23H,5-6,8,11,14,17H2,1-4H3,(H,28,32)/t23-/m1/s1. The lowest BCUT2D eigenvalue weighted by Crippen LogP contribution is -2.49. The van der Waals surface area contributed by atoms with Gasteiger partial charge < -0.3 is 10.2 Å². The molecule has 0 aromatic heterocycles. The minimum absolute atomic E-state index is 0.0239. The molecule has 0 aliphatic heterocycles. The zero-order chi connectivity index (χ0) is 26.2. The van der Waals surface area contributed by atoms with Crippen molar-refractivity contribution in [3.05, 3.63) is 65.2 Å². The highest BCUT2D eigenvalue weighted by Crippen LogP contribution is 2.22. The van der Waals surface area contributed by atoms with Crippen molar-refractivity contribution in [1.29, 1.82) is 0 Å². The molecule has 0 aliphatic rings. The van der Waals surface area contributed by atoms with Crippen LogP contribution >= 0.6 is 0 Å². The summed E-state index contributed by atoms with van der Waals surface area (Å²) < 4.78 is 52.5. The van der Waals surface area contributed by atoms with E-state index in [1.54, 1.807) is 6.92 Å². The number of benzene rings is 2. The summed E-state index contributed by atoms with van der Waals surface area (Å²) >= 11 is 0. The van der Waals surface area contributed by atoms with Crippen molar-refractivity contribution in [2.24, 2.45) is 0 Å². The minimum Gasteiger partial charge on any atom is -0.355 e. The van der Waals surface area contributed by atoms with Gasteiger partial charge in [0.1, 0.15) is 6.04 Å². The van der Waals surface area contributed by atoms with Gasteiger partial charge in [-0.1, -0.05) is 36.8 Å².